The molecule has 0 saturated heterocycles. The van der Waals surface area contributed by atoms with Gasteiger partial charge < -0.3 is 14.2 Å². The van der Waals surface area contributed by atoms with Gasteiger partial charge in [0.25, 0.3) is 0 Å². The molecule has 1 aliphatic rings. The lowest BCUT2D eigenvalue weighted by molar-refractivity contribution is 0.00948. The summed E-state index contributed by atoms with van der Waals surface area (Å²) in [4.78, 5) is 11.9. The maximum absolute atomic E-state index is 11.9. The molecule has 4 heteroatoms. The van der Waals surface area contributed by atoms with Crippen LogP contribution in [0.25, 0.3) is 0 Å². The molecule has 22 heavy (non-hydrogen) atoms. The number of cyclic esters (lactones) is 1. The number of esters is 1. The highest BCUT2D eigenvalue weighted by Crippen LogP contribution is 2.42. The quantitative estimate of drug-likeness (QED) is 0.808. The highest BCUT2D eigenvalue weighted by atomic mass is 16.6. The van der Waals surface area contributed by atoms with E-state index in [0.29, 0.717) is 23.7 Å². The van der Waals surface area contributed by atoms with Gasteiger partial charge in [-0.25, -0.2) is 4.79 Å². The van der Waals surface area contributed by atoms with Crippen molar-refractivity contribution in [2.24, 2.45) is 0 Å². The van der Waals surface area contributed by atoms with Crippen molar-refractivity contribution in [3.63, 3.8) is 0 Å². The predicted octanol–water partition coefficient (Wildman–Crippen LogP) is 3.68. The van der Waals surface area contributed by atoms with Gasteiger partial charge in [0.1, 0.15) is 12.2 Å². The Morgan fingerprint density at radius 1 is 1.09 bits per heavy atom. The molecule has 0 unspecified atom stereocenters. The highest BCUT2D eigenvalue weighted by molar-refractivity contribution is 5.95. The third-order valence-electron chi connectivity index (χ3n) is 3.76. The summed E-state index contributed by atoms with van der Waals surface area (Å²) in [6, 6.07) is 13.4. The Morgan fingerprint density at radius 2 is 1.82 bits per heavy atom. The van der Waals surface area contributed by atoms with Crippen molar-refractivity contribution in [3.05, 3.63) is 59.2 Å². The molecule has 2 aromatic rings. The number of ether oxygens (including phenoxy) is 3. The summed E-state index contributed by atoms with van der Waals surface area (Å²) in [6.45, 7) is 4.17. The van der Waals surface area contributed by atoms with E-state index in [1.165, 1.54) is 0 Å². The first-order valence-electron chi connectivity index (χ1n) is 7.14. The van der Waals surface area contributed by atoms with Crippen LogP contribution in [-0.4, -0.2) is 13.1 Å². The topological polar surface area (TPSA) is 44.8 Å². The summed E-state index contributed by atoms with van der Waals surface area (Å²) in [6.07, 6.45) is 0. The third kappa shape index (κ3) is 2.52. The lowest BCUT2D eigenvalue weighted by Gasteiger charge is -2.19. The van der Waals surface area contributed by atoms with Crippen LogP contribution in [0.5, 0.6) is 11.5 Å². The first kappa shape index (κ1) is 14.4. The van der Waals surface area contributed by atoms with Crippen LogP contribution in [0, 0.1) is 0 Å². The second-order valence-electron chi connectivity index (χ2n) is 5.72. The Labute approximate surface area is 129 Å². The fourth-order valence-electron chi connectivity index (χ4n) is 2.58. The van der Waals surface area contributed by atoms with E-state index >= 15 is 0 Å². The van der Waals surface area contributed by atoms with E-state index in [1.807, 2.05) is 50.2 Å². The molecule has 0 N–H and O–H groups in total. The van der Waals surface area contributed by atoms with Crippen molar-refractivity contribution in [2.75, 3.05) is 7.11 Å². The monoisotopic (exact) mass is 298 g/mol. The van der Waals surface area contributed by atoms with Crippen molar-refractivity contribution in [2.45, 2.75) is 26.1 Å². The first-order chi connectivity index (χ1) is 10.5. The number of carbonyl (C=O) groups excluding carboxylic acids is 1. The zero-order valence-corrected chi connectivity index (χ0v) is 12.9. The highest BCUT2D eigenvalue weighted by Gasteiger charge is 2.39. The van der Waals surface area contributed by atoms with Gasteiger partial charge in [0.2, 0.25) is 0 Å². The number of hydrogen-bond donors (Lipinski definition) is 0. The molecule has 1 aliphatic heterocycles. The van der Waals surface area contributed by atoms with E-state index in [0.717, 1.165) is 11.1 Å². The number of carbonyl (C=O) groups is 1. The summed E-state index contributed by atoms with van der Waals surface area (Å²) in [7, 11) is 1.56. The maximum atomic E-state index is 11.9. The lowest BCUT2D eigenvalue weighted by Crippen LogP contribution is -2.16. The Kier molecular flexibility index (Phi) is 3.53. The van der Waals surface area contributed by atoms with Crippen LogP contribution in [0.3, 0.4) is 0 Å². The van der Waals surface area contributed by atoms with E-state index < -0.39 is 5.60 Å². The van der Waals surface area contributed by atoms with Crippen molar-refractivity contribution in [1.29, 1.82) is 0 Å². The minimum Gasteiger partial charge on any atom is -0.493 e. The van der Waals surface area contributed by atoms with Crippen LogP contribution < -0.4 is 9.47 Å². The zero-order valence-electron chi connectivity index (χ0n) is 12.9. The molecule has 2 aromatic carbocycles. The molecule has 4 nitrogen and oxygen atoms in total. The van der Waals surface area contributed by atoms with Gasteiger partial charge in [0, 0.05) is 5.56 Å². The van der Waals surface area contributed by atoms with Crippen LogP contribution in [0.15, 0.2) is 42.5 Å². The number of hydrogen-bond acceptors (Lipinski definition) is 4. The SMILES string of the molecule is COc1cc2c(cc1OCc1ccccc1)C(C)(C)OC2=O. The third-order valence-corrected chi connectivity index (χ3v) is 3.76. The van der Waals surface area contributed by atoms with Gasteiger partial charge in [-0.3, -0.25) is 0 Å². The van der Waals surface area contributed by atoms with Crippen LogP contribution >= 0.6 is 0 Å². The lowest BCUT2D eigenvalue weighted by atomic mass is 9.95. The summed E-state index contributed by atoms with van der Waals surface area (Å²) < 4.78 is 16.6. The van der Waals surface area contributed by atoms with E-state index in [2.05, 4.69) is 0 Å². The molecule has 0 radical (unpaired) electrons. The molecule has 0 saturated carbocycles. The molecule has 0 atom stereocenters. The molecule has 0 aromatic heterocycles. The average molecular weight is 298 g/mol. The molecular formula is C18H18O4. The molecule has 114 valence electrons. The molecule has 0 spiro atoms. The Morgan fingerprint density at radius 3 is 2.50 bits per heavy atom. The van der Waals surface area contributed by atoms with Crippen molar-refractivity contribution >= 4 is 5.97 Å². The normalized spacial score (nSPS) is 15.1. The largest absolute Gasteiger partial charge is 0.493 e. The second kappa shape index (κ2) is 5.37. The zero-order chi connectivity index (χ0) is 15.7. The number of fused-ring (bicyclic) bond motifs is 1. The first-order valence-corrected chi connectivity index (χ1v) is 7.14. The smallest absolute Gasteiger partial charge is 0.339 e. The van der Waals surface area contributed by atoms with Crippen molar-refractivity contribution in [1.82, 2.24) is 0 Å². The van der Waals surface area contributed by atoms with Crippen molar-refractivity contribution in [3.8, 4) is 11.5 Å². The van der Waals surface area contributed by atoms with Crippen molar-refractivity contribution < 1.29 is 19.0 Å². The second-order valence-corrected chi connectivity index (χ2v) is 5.72. The van der Waals surface area contributed by atoms with Gasteiger partial charge in [-0.1, -0.05) is 30.3 Å². The standard InChI is InChI=1S/C18H18O4/c1-18(2)14-10-16(21-11-12-7-5-4-6-8-12)15(20-3)9-13(14)17(19)22-18/h4-10H,11H2,1-3H3. The summed E-state index contributed by atoms with van der Waals surface area (Å²) in [5.41, 5.74) is 1.77. The minimum absolute atomic E-state index is 0.326. The van der Waals surface area contributed by atoms with E-state index in [-0.39, 0.29) is 5.97 Å². The molecular weight excluding hydrogens is 280 g/mol. The van der Waals surface area contributed by atoms with Gasteiger partial charge in [-0.2, -0.15) is 0 Å². The van der Waals surface area contributed by atoms with Gasteiger partial charge in [0.05, 0.1) is 12.7 Å². The summed E-state index contributed by atoms with van der Waals surface area (Å²) in [5, 5.41) is 0. The van der Waals surface area contributed by atoms with Crippen LogP contribution in [0.1, 0.15) is 35.3 Å². The van der Waals surface area contributed by atoms with E-state index in [4.69, 9.17) is 14.2 Å². The molecule has 0 amide bonds. The minimum atomic E-state index is -0.649. The number of methoxy groups -OCH3 is 1. The maximum Gasteiger partial charge on any atom is 0.339 e. The molecule has 3 rings (SSSR count). The van der Waals surface area contributed by atoms with Gasteiger partial charge >= 0.3 is 5.97 Å². The van der Waals surface area contributed by atoms with E-state index in [1.54, 1.807) is 13.2 Å². The molecule has 0 fully saturated rings. The van der Waals surface area contributed by atoms with Crippen LogP contribution in [0.4, 0.5) is 0 Å². The average Bonchev–Trinajstić information content (AvgIpc) is 2.74. The summed E-state index contributed by atoms with van der Waals surface area (Å²) in [5.74, 6) is 0.814. The Bertz CT molecular complexity index is 705. The predicted molar refractivity (Wildman–Crippen MR) is 82.2 cm³/mol. The number of rotatable bonds is 4. The number of benzene rings is 2. The van der Waals surface area contributed by atoms with Gasteiger partial charge in [0.15, 0.2) is 11.5 Å². The summed E-state index contributed by atoms with van der Waals surface area (Å²) >= 11 is 0. The van der Waals surface area contributed by atoms with Gasteiger partial charge in [-0.15, -0.1) is 0 Å². The Balaban J connectivity index is 1.93. The Hall–Kier alpha value is -2.49. The molecule has 1 heterocycles. The molecule has 0 aliphatic carbocycles. The van der Waals surface area contributed by atoms with Gasteiger partial charge in [-0.05, 0) is 31.5 Å². The fourth-order valence-corrected chi connectivity index (χ4v) is 2.58. The van der Waals surface area contributed by atoms with E-state index in [9.17, 15) is 4.79 Å². The van der Waals surface area contributed by atoms with Crippen LogP contribution in [-0.2, 0) is 16.9 Å². The molecule has 0 bridgehead atoms. The fraction of sp³-hybridized carbons (Fsp3) is 0.278. The van der Waals surface area contributed by atoms with Crippen LogP contribution in [0.2, 0.25) is 0 Å².